The third-order valence-electron chi connectivity index (χ3n) is 6.22. The third-order valence-corrected chi connectivity index (χ3v) is 6.96. The first-order valence-electron chi connectivity index (χ1n) is 11.3. The zero-order chi connectivity index (χ0) is 22.9. The van der Waals surface area contributed by atoms with Crippen molar-refractivity contribution in [3.63, 3.8) is 0 Å². The number of piperidine rings is 1. The van der Waals surface area contributed by atoms with Gasteiger partial charge < -0.3 is 14.4 Å². The molecule has 0 aromatic heterocycles. The molecule has 0 N–H and O–H groups in total. The molecule has 4 rings (SSSR count). The number of benzene rings is 2. The first-order valence-corrected chi connectivity index (χ1v) is 13.0. The van der Waals surface area contributed by atoms with E-state index in [0.717, 1.165) is 42.6 Å². The van der Waals surface area contributed by atoms with Gasteiger partial charge in [0.15, 0.2) is 0 Å². The van der Waals surface area contributed by atoms with Crippen molar-refractivity contribution in [3.05, 3.63) is 53.6 Å². The van der Waals surface area contributed by atoms with E-state index in [1.54, 1.807) is 11.2 Å². The molecule has 2 heterocycles. The van der Waals surface area contributed by atoms with Gasteiger partial charge in [-0.25, -0.2) is 4.79 Å². The lowest BCUT2D eigenvalue weighted by atomic mass is 9.82. The minimum atomic E-state index is -0.830. The van der Waals surface area contributed by atoms with Crippen molar-refractivity contribution in [1.29, 1.82) is 0 Å². The average molecular weight is 456 g/mol. The molecular formula is C26H33NO4S. The van der Waals surface area contributed by atoms with Crippen molar-refractivity contribution in [3.8, 4) is 16.9 Å². The molecule has 2 aliphatic heterocycles. The topological polar surface area (TPSA) is 55.8 Å². The van der Waals surface area contributed by atoms with Gasteiger partial charge in [-0.3, -0.25) is 4.21 Å². The number of ether oxygens (including phenoxy) is 2. The first kappa shape index (κ1) is 22.8. The smallest absolute Gasteiger partial charge is 0.410 e. The summed E-state index contributed by atoms with van der Waals surface area (Å²) in [4.78, 5) is 14.2. The molecule has 1 spiro atoms. The van der Waals surface area contributed by atoms with Gasteiger partial charge in [0.25, 0.3) is 0 Å². The van der Waals surface area contributed by atoms with Gasteiger partial charge in [0.05, 0.1) is 0 Å². The summed E-state index contributed by atoms with van der Waals surface area (Å²) in [7, 11) is -0.830. The number of likely N-dealkylation sites (tertiary alicyclic amines) is 1. The number of amides is 1. The number of hydrogen-bond acceptors (Lipinski definition) is 4. The summed E-state index contributed by atoms with van der Waals surface area (Å²) >= 11 is 0. The van der Waals surface area contributed by atoms with Crippen LogP contribution < -0.4 is 4.74 Å². The van der Waals surface area contributed by atoms with Crippen molar-refractivity contribution in [2.75, 3.05) is 19.3 Å². The second kappa shape index (κ2) is 8.89. The highest BCUT2D eigenvalue weighted by Crippen LogP contribution is 2.41. The van der Waals surface area contributed by atoms with Crippen LogP contribution in [0.15, 0.2) is 42.5 Å². The molecule has 0 bridgehead atoms. The molecule has 0 radical (unpaired) electrons. The molecule has 2 aliphatic rings. The largest absolute Gasteiger partial charge is 0.487 e. The monoisotopic (exact) mass is 455 g/mol. The Balaban J connectivity index is 1.41. The fraction of sp³-hybridized carbons (Fsp3) is 0.500. The molecule has 0 aliphatic carbocycles. The zero-order valence-corrected chi connectivity index (χ0v) is 20.3. The Hall–Kier alpha value is -2.34. The maximum Gasteiger partial charge on any atom is 0.410 e. The molecule has 0 saturated carbocycles. The minimum absolute atomic E-state index is 0.190. The number of carbonyl (C=O) groups excluding carboxylic acids is 1. The van der Waals surface area contributed by atoms with E-state index in [1.165, 1.54) is 11.1 Å². The molecule has 1 atom stereocenters. The van der Waals surface area contributed by atoms with Gasteiger partial charge in [-0.05, 0) is 68.0 Å². The van der Waals surface area contributed by atoms with Gasteiger partial charge in [0.1, 0.15) is 17.0 Å². The zero-order valence-electron chi connectivity index (χ0n) is 19.5. The minimum Gasteiger partial charge on any atom is -0.487 e. The highest BCUT2D eigenvalue weighted by atomic mass is 32.2. The standard InChI is InChI=1S/C26H33NO4S/c1-25(2,3)31-24(28)27-15-13-26(14-16-27)12-11-22-17-21(9-10-23(22)30-26)20-7-5-19(6-8-20)18-32(4)29/h5-10,17H,11-16,18H2,1-4H3. The highest BCUT2D eigenvalue weighted by Gasteiger charge is 2.41. The van der Waals surface area contributed by atoms with Crippen molar-refractivity contribution in [2.24, 2.45) is 0 Å². The van der Waals surface area contributed by atoms with E-state index >= 15 is 0 Å². The highest BCUT2D eigenvalue weighted by molar-refractivity contribution is 7.83. The Kier molecular flexibility index (Phi) is 6.35. The summed E-state index contributed by atoms with van der Waals surface area (Å²) < 4.78 is 23.5. The van der Waals surface area contributed by atoms with E-state index in [4.69, 9.17) is 9.47 Å². The summed E-state index contributed by atoms with van der Waals surface area (Å²) in [6.45, 7) is 7.02. The molecule has 172 valence electrons. The maximum atomic E-state index is 12.4. The molecule has 1 fully saturated rings. The van der Waals surface area contributed by atoms with E-state index in [2.05, 4.69) is 42.5 Å². The lowest BCUT2D eigenvalue weighted by Gasteiger charge is -2.44. The van der Waals surface area contributed by atoms with Crippen LogP contribution in [0.1, 0.15) is 51.2 Å². The van der Waals surface area contributed by atoms with Crippen LogP contribution in [-0.4, -0.2) is 45.7 Å². The van der Waals surface area contributed by atoms with Crippen LogP contribution in [0.2, 0.25) is 0 Å². The van der Waals surface area contributed by atoms with Crippen LogP contribution in [-0.2, 0) is 27.7 Å². The molecule has 32 heavy (non-hydrogen) atoms. The Morgan fingerprint density at radius 3 is 2.34 bits per heavy atom. The summed E-state index contributed by atoms with van der Waals surface area (Å²) in [6, 6.07) is 14.7. The predicted octanol–water partition coefficient (Wildman–Crippen LogP) is 5.33. The van der Waals surface area contributed by atoms with E-state index < -0.39 is 16.4 Å². The molecule has 2 aromatic carbocycles. The number of carbonyl (C=O) groups is 1. The summed E-state index contributed by atoms with van der Waals surface area (Å²) in [5.74, 6) is 1.55. The quantitative estimate of drug-likeness (QED) is 0.628. The summed E-state index contributed by atoms with van der Waals surface area (Å²) in [5, 5.41) is 0. The lowest BCUT2D eigenvalue weighted by Crippen LogP contribution is -2.52. The van der Waals surface area contributed by atoms with Crippen LogP contribution in [0.3, 0.4) is 0 Å². The van der Waals surface area contributed by atoms with Crippen molar-refractivity contribution in [1.82, 2.24) is 4.90 Å². The SMILES string of the molecule is CS(=O)Cc1ccc(-c2ccc3c(c2)CCC2(CCN(C(=O)OC(C)(C)C)CC2)O3)cc1. The van der Waals surface area contributed by atoms with Gasteiger partial charge >= 0.3 is 6.09 Å². The molecule has 1 amide bonds. The van der Waals surface area contributed by atoms with E-state index in [1.807, 2.05) is 20.8 Å². The number of fused-ring (bicyclic) bond motifs is 1. The Bertz CT molecular complexity index is 1000. The second-order valence-corrected chi connectivity index (χ2v) is 11.4. The van der Waals surface area contributed by atoms with Crippen LogP contribution in [0.4, 0.5) is 4.79 Å². The number of aryl methyl sites for hydroxylation is 1. The first-order chi connectivity index (χ1) is 15.1. The molecule has 1 unspecified atom stereocenters. The molecule has 5 nitrogen and oxygen atoms in total. The summed E-state index contributed by atoms with van der Waals surface area (Å²) in [6.07, 6.45) is 5.09. The van der Waals surface area contributed by atoms with E-state index in [0.29, 0.717) is 18.8 Å². The van der Waals surface area contributed by atoms with Crippen LogP contribution in [0.25, 0.3) is 11.1 Å². The van der Waals surface area contributed by atoms with Gasteiger partial charge in [-0.15, -0.1) is 0 Å². The van der Waals surface area contributed by atoms with Crippen molar-refractivity contribution >= 4 is 16.9 Å². The molecule has 1 saturated heterocycles. The van der Waals surface area contributed by atoms with Gasteiger partial charge in [-0.1, -0.05) is 30.3 Å². The lowest BCUT2D eigenvalue weighted by molar-refractivity contribution is -0.0272. The Morgan fingerprint density at radius 1 is 1.06 bits per heavy atom. The average Bonchev–Trinajstić information content (AvgIpc) is 2.73. The van der Waals surface area contributed by atoms with Gasteiger partial charge in [-0.2, -0.15) is 0 Å². The molecule has 2 aromatic rings. The van der Waals surface area contributed by atoms with Crippen molar-refractivity contribution in [2.45, 2.75) is 63.4 Å². The second-order valence-electron chi connectivity index (χ2n) is 9.99. The maximum absolute atomic E-state index is 12.4. The fourth-order valence-corrected chi connectivity index (χ4v) is 5.17. The molecular weight excluding hydrogens is 422 g/mol. The van der Waals surface area contributed by atoms with Gasteiger partial charge in [0.2, 0.25) is 0 Å². The third kappa shape index (κ3) is 5.34. The Labute approximate surface area is 193 Å². The van der Waals surface area contributed by atoms with Crippen LogP contribution >= 0.6 is 0 Å². The van der Waals surface area contributed by atoms with E-state index in [9.17, 15) is 9.00 Å². The van der Waals surface area contributed by atoms with Crippen molar-refractivity contribution < 1.29 is 18.5 Å². The van der Waals surface area contributed by atoms with E-state index in [-0.39, 0.29) is 11.7 Å². The van der Waals surface area contributed by atoms with Gasteiger partial charge in [0, 0.05) is 48.7 Å². The molecule has 6 heteroatoms. The summed E-state index contributed by atoms with van der Waals surface area (Å²) in [5.41, 5.74) is 4.00. The normalized spacial score (nSPS) is 18.6. The number of hydrogen-bond donors (Lipinski definition) is 0. The number of nitrogens with zero attached hydrogens (tertiary/aromatic N) is 1. The fourth-order valence-electron chi connectivity index (χ4n) is 4.50. The van der Waals surface area contributed by atoms with Crippen LogP contribution in [0.5, 0.6) is 5.75 Å². The number of rotatable bonds is 3. The predicted molar refractivity (Wildman–Crippen MR) is 128 cm³/mol. The Morgan fingerprint density at radius 2 is 1.72 bits per heavy atom. The van der Waals surface area contributed by atoms with Crippen LogP contribution in [0, 0.1) is 0 Å².